The van der Waals surface area contributed by atoms with E-state index >= 15 is 0 Å². The molecule has 2 N–H and O–H groups in total. The molecule has 1 aliphatic carbocycles. The standard InChI is InChI=1S/C8H11NS/c9-7-2-1-3-8-6(7)4-5-10-8/h4-5,7H,1-3,9H2/t7-/m1/s1. The summed E-state index contributed by atoms with van der Waals surface area (Å²) in [6.07, 6.45) is 3.69. The summed E-state index contributed by atoms with van der Waals surface area (Å²) in [5.41, 5.74) is 7.30. The molecule has 0 saturated heterocycles. The van der Waals surface area contributed by atoms with Crippen LogP contribution < -0.4 is 5.73 Å². The smallest absolute Gasteiger partial charge is 0.0306 e. The van der Waals surface area contributed by atoms with E-state index in [0.29, 0.717) is 6.04 Å². The molecule has 1 aliphatic rings. The van der Waals surface area contributed by atoms with Gasteiger partial charge in [-0.3, -0.25) is 0 Å². The van der Waals surface area contributed by atoms with Gasteiger partial charge in [0.05, 0.1) is 0 Å². The Morgan fingerprint density at radius 1 is 1.60 bits per heavy atom. The Hall–Kier alpha value is -0.340. The van der Waals surface area contributed by atoms with E-state index in [1.807, 2.05) is 11.3 Å². The van der Waals surface area contributed by atoms with Crippen molar-refractivity contribution in [2.45, 2.75) is 25.3 Å². The van der Waals surface area contributed by atoms with Crippen LogP contribution in [-0.4, -0.2) is 0 Å². The number of aryl methyl sites for hydroxylation is 1. The van der Waals surface area contributed by atoms with E-state index < -0.39 is 0 Å². The summed E-state index contributed by atoms with van der Waals surface area (Å²) < 4.78 is 0. The second-order valence-corrected chi connectivity index (χ2v) is 3.80. The highest BCUT2D eigenvalue weighted by molar-refractivity contribution is 7.10. The minimum atomic E-state index is 0.329. The van der Waals surface area contributed by atoms with Crippen LogP contribution in [0.25, 0.3) is 0 Å². The van der Waals surface area contributed by atoms with Gasteiger partial charge >= 0.3 is 0 Å². The lowest BCUT2D eigenvalue weighted by Crippen LogP contribution is -2.14. The fraction of sp³-hybridized carbons (Fsp3) is 0.500. The van der Waals surface area contributed by atoms with Crippen molar-refractivity contribution >= 4 is 11.3 Å². The number of fused-ring (bicyclic) bond motifs is 1. The first-order chi connectivity index (χ1) is 4.88. The van der Waals surface area contributed by atoms with Gasteiger partial charge in [-0.05, 0) is 36.3 Å². The van der Waals surface area contributed by atoms with Crippen LogP contribution in [0, 0.1) is 0 Å². The van der Waals surface area contributed by atoms with E-state index in [1.54, 1.807) is 0 Å². The highest BCUT2D eigenvalue weighted by Crippen LogP contribution is 2.31. The maximum atomic E-state index is 5.90. The summed E-state index contributed by atoms with van der Waals surface area (Å²) in [6.45, 7) is 0. The molecule has 2 heteroatoms. The molecule has 0 spiro atoms. The molecule has 1 aromatic rings. The first-order valence-corrected chi connectivity index (χ1v) is 4.58. The molecule has 0 bridgehead atoms. The third kappa shape index (κ3) is 0.879. The van der Waals surface area contributed by atoms with E-state index in [2.05, 4.69) is 11.4 Å². The van der Waals surface area contributed by atoms with E-state index in [4.69, 9.17) is 5.73 Å². The normalized spacial score (nSPS) is 24.3. The maximum Gasteiger partial charge on any atom is 0.0306 e. The minimum Gasteiger partial charge on any atom is -0.324 e. The summed E-state index contributed by atoms with van der Waals surface area (Å²) in [5, 5.41) is 2.15. The lowest BCUT2D eigenvalue weighted by molar-refractivity contribution is 0.578. The van der Waals surface area contributed by atoms with Gasteiger partial charge in [-0.25, -0.2) is 0 Å². The van der Waals surface area contributed by atoms with Crippen LogP contribution in [0.3, 0.4) is 0 Å². The molecule has 0 amide bonds. The van der Waals surface area contributed by atoms with Gasteiger partial charge in [0.2, 0.25) is 0 Å². The second kappa shape index (κ2) is 2.36. The molecule has 54 valence electrons. The molecule has 0 radical (unpaired) electrons. The van der Waals surface area contributed by atoms with Gasteiger partial charge in [-0.15, -0.1) is 11.3 Å². The number of nitrogens with two attached hydrogens (primary N) is 1. The van der Waals surface area contributed by atoms with Gasteiger partial charge in [-0.1, -0.05) is 0 Å². The van der Waals surface area contributed by atoms with Gasteiger partial charge < -0.3 is 5.73 Å². The number of rotatable bonds is 0. The quantitative estimate of drug-likeness (QED) is 0.606. The van der Waals surface area contributed by atoms with Crippen LogP contribution in [0.2, 0.25) is 0 Å². The van der Waals surface area contributed by atoms with Crippen LogP contribution in [0.4, 0.5) is 0 Å². The van der Waals surface area contributed by atoms with Crippen molar-refractivity contribution in [1.29, 1.82) is 0 Å². The first kappa shape index (κ1) is 6.38. The van der Waals surface area contributed by atoms with Gasteiger partial charge in [0.15, 0.2) is 0 Å². The van der Waals surface area contributed by atoms with Crippen molar-refractivity contribution in [1.82, 2.24) is 0 Å². The van der Waals surface area contributed by atoms with Crippen LogP contribution in [0.5, 0.6) is 0 Å². The lowest BCUT2D eigenvalue weighted by atomic mass is 9.95. The predicted molar refractivity (Wildman–Crippen MR) is 44.2 cm³/mol. The highest BCUT2D eigenvalue weighted by atomic mass is 32.1. The summed E-state index contributed by atoms with van der Waals surface area (Å²) in [5.74, 6) is 0. The van der Waals surface area contributed by atoms with Crippen molar-refractivity contribution in [2.75, 3.05) is 0 Å². The molecule has 0 unspecified atom stereocenters. The van der Waals surface area contributed by atoms with Crippen LogP contribution in [0.15, 0.2) is 11.4 Å². The molecule has 0 aliphatic heterocycles. The molecular formula is C8H11NS. The van der Waals surface area contributed by atoms with E-state index in [0.717, 1.165) is 0 Å². The molecule has 1 atom stereocenters. The van der Waals surface area contributed by atoms with Crippen molar-refractivity contribution in [3.8, 4) is 0 Å². The summed E-state index contributed by atoms with van der Waals surface area (Å²) in [6, 6.07) is 2.50. The fourth-order valence-electron chi connectivity index (χ4n) is 1.52. The molecule has 0 fully saturated rings. The summed E-state index contributed by atoms with van der Waals surface area (Å²) >= 11 is 1.85. The monoisotopic (exact) mass is 153 g/mol. The number of thiophene rings is 1. The molecule has 10 heavy (non-hydrogen) atoms. The molecule has 0 aromatic carbocycles. The molecule has 1 heterocycles. The Morgan fingerprint density at radius 3 is 3.30 bits per heavy atom. The van der Waals surface area contributed by atoms with Gasteiger partial charge in [0.25, 0.3) is 0 Å². The van der Waals surface area contributed by atoms with Crippen molar-refractivity contribution in [3.05, 3.63) is 21.9 Å². The maximum absolute atomic E-state index is 5.90. The third-order valence-corrected chi connectivity index (χ3v) is 3.09. The second-order valence-electron chi connectivity index (χ2n) is 2.80. The fourth-order valence-corrected chi connectivity index (χ4v) is 2.52. The Labute approximate surface area is 64.9 Å². The zero-order valence-electron chi connectivity index (χ0n) is 5.84. The zero-order valence-corrected chi connectivity index (χ0v) is 6.66. The third-order valence-electron chi connectivity index (χ3n) is 2.10. The largest absolute Gasteiger partial charge is 0.324 e. The highest BCUT2D eigenvalue weighted by Gasteiger charge is 2.16. The topological polar surface area (TPSA) is 26.0 Å². The molecular weight excluding hydrogens is 142 g/mol. The lowest BCUT2D eigenvalue weighted by Gasteiger charge is -2.17. The van der Waals surface area contributed by atoms with Crippen LogP contribution in [0.1, 0.15) is 29.3 Å². The average Bonchev–Trinajstić information content (AvgIpc) is 2.36. The number of hydrogen-bond donors (Lipinski definition) is 1. The summed E-state index contributed by atoms with van der Waals surface area (Å²) in [4.78, 5) is 1.51. The van der Waals surface area contributed by atoms with Crippen molar-refractivity contribution in [3.63, 3.8) is 0 Å². The Bertz CT molecular complexity index is 229. The van der Waals surface area contributed by atoms with Crippen LogP contribution >= 0.6 is 11.3 Å². The molecule has 1 aromatic heterocycles. The van der Waals surface area contributed by atoms with E-state index in [-0.39, 0.29) is 0 Å². The van der Waals surface area contributed by atoms with Crippen LogP contribution in [-0.2, 0) is 6.42 Å². The van der Waals surface area contributed by atoms with Gasteiger partial charge in [0.1, 0.15) is 0 Å². The Balaban J connectivity index is 2.41. The first-order valence-electron chi connectivity index (χ1n) is 3.70. The van der Waals surface area contributed by atoms with Gasteiger partial charge in [-0.2, -0.15) is 0 Å². The van der Waals surface area contributed by atoms with Crippen molar-refractivity contribution in [2.24, 2.45) is 5.73 Å². The summed E-state index contributed by atoms with van der Waals surface area (Å²) in [7, 11) is 0. The SMILES string of the molecule is N[C@@H]1CCCc2sccc21. The molecule has 1 nitrogen and oxygen atoms in total. The molecule has 2 rings (SSSR count). The van der Waals surface area contributed by atoms with Gasteiger partial charge in [0, 0.05) is 10.9 Å². The van der Waals surface area contributed by atoms with E-state index in [9.17, 15) is 0 Å². The average molecular weight is 153 g/mol. The predicted octanol–water partition coefficient (Wildman–Crippen LogP) is 2.08. The van der Waals surface area contributed by atoms with Crippen molar-refractivity contribution < 1.29 is 0 Å². The zero-order chi connectivity index (χ0) is 6.97. The minimum absolute atomic E-state index is 0.329. The molecule has 0 saturated carbocycles. The Kier molecular flexibility index (Phi) is 1.51. The Morgan fingerprint density at radius 2 is 2.50 bits per heavy atom. The number of hydrogen-bond acceptors (Lipinski definition) is 2. The van der Waals surface area contributed by atoms with E-state index in [1.165, 1.54) is 29.7 Å².